The summed E-state index contributed by atoms with van der Waals surface area (Å²) in [7, 11) is 1.70. The molecular weight excluding hydrogens is 216 g/mol. The second-order valence-corrected chi connectivity index (χ2v) is 4.63. The van der Waals surface area contributed by atoms with E-state index in [4.69, 9.17) is 10.5 Å². The van der Waals surface area contributed by atoms with Gasteiger partial charge < -0.3 is 15.8 Å². The molecule has 5 heteroatoms. The molecule has 4 nitrogen and oxygen atoms in total. The van der Waals surface area contributed by atoms with Crippen LogP contribution in [-0.4, -0.2) is 31.2 Å². The van der Waals surface area contributed by atoms with E-state index in [0.717, 1.165) is 6.42 Å². The summed E-state index contributed by atoms with van der Waals surface area (Å²) in [6, 6.07) is -0.252. The Morgan fingerprint density at radius 1 is 1.60 bits per heavy atom. The predicted octanol–water partition coefficient (Wildman–Crippen LogP) is 0.685. The van der Waals surface area contributed by atoms with Crippen LogP contribution in [0.5, 0.6) is 0 Å². The van der Waals surface area contributed by atoms with Crippen LogP contribution in [0.15, 0.2) is 0 Å². The van der Waals surface area contributed by atoms with Crippen molar-refractivity contribution in [2.24, 2.45) is 11.1 Å². The fourth-order valence-electron chi connectivity index (χ4n) is 1.83. The zero-order chi connectivity index (χ0) is 10.9. The topological polar surface area (TPSA) is 64.3 Å². The normalized spacial score (nSPS) is 29.7. The van der Waals surface area contributed by atoms with Crippen molar-refractivity contribution in [2.75, 3.05) is 7.11 Å². The van der Waals surface area contributed by atoms with Gasteiger partial charge in [0.05, 0.1) is 12.1 Å². The van der Waals surface area contributed by atoms with E-state index >= 15 is 0 Å². The lowest BCUT2D eigenvalue weighted by molar-refractivity contribution is -0.133. The molecule has 90 valence electrons. The van der Waals surface area contributed by atoms with E-state index in [-0.39, 0.29) is 35.9 Å². The zero-order valence-corrected chi connectivity index (χ0v) is 10.6. The monoisotopic (exact) mass is 236 g/mol. The van der Waals surface area contributed by atoms with Crippen LogP contribution in [0.4, 0.5) is 0 Å². The lowest BCUT2D eigenvalue weighted by atomic mass is 9.64. The van der Waals surface area contributed by atoms with Crippen LogP contribution in [-0.2, 0) is 9.53 Å². The molecule has 3 atom stereocenters. The van der Waals surface area contributed by atoms with Crippen molar-refractivity contribution < 1.29 is 9.53 Å². The first-order valence-corrected chi connectivity index (χ1v) is 4.98. The van der Waals surface area contributed by atoms with Crippen LogP contribution in [0.3, 0.4) is 0 Å². The Labute approximate surface area is 97.3 Å². The van der Waals surface area contributed by atoms with E-state index in [0.29, 0.717) is 0 Å². The van der Waals surface area contributed by atoms with Crippen LogP contribution < -0.4 is 11.1 Å². The fraction of sp³-hybridized carbons (Fsp3) is 0.900. The number of rotatable bonds is 3. The van der Waals surface area contributed by atoms with E-state index in [9.17, 15) is 4.79 Å². The minimum Gasteiger partial charge on any atom is -0.381 e. The molecule has 2 unspecified atom stereocenters. The van der Waals surface area contributed by atoms with Crippen LogP contribution >= 0.6 is 12.4 Å². The summed E-state index contributed by atoms with van der Waals surface area (Å²) in [6.45, 7) is 5.88. The highest BCUT2D eigenvalue weighted by atomic mass is 35.5. The molecule has 15 heavy (non-hydrogen) atoms. The van der Waals surface area contributed by atoms with E-state index in [2.05, 4.69) is 19.2 Å². The number of hydrogen-bond acceptors (Lipinski definition) is 3. The third-order valence-corrected chi connectivity index (χ3v) is 3.19. The number of nitrogens with two attached hydrogens (primary N) is 1. The number of nitrogens with one attached hydrogen (secondary N) is 1. The maximum Gasteiger partial charge on any atom is 0.236 e. The lowest BCUT2D eigenvalue weighted by Crippen LogP contribution is -2.63. The Morgan fingerprint density at radius 2 is 2.13 bits per heavy atom. The Kier molecular flexibility index (Phi) is 5.03. The fourth-order valence-corrected chi connectivity index (χ4v) is 1.83. The molecule has 1 fully saturated rings. The number of carbonyl (C=O) groups excluding carboxylic acids is 1. The highest BCUT2D eigenvalue weighted by molar-refractivity contribution is 5.85. The van der Waals surface area contributed by atoms with Crippen molar-refractivity contribution in [2.45, 2.75) is 45.4 Å². The van der Waals surface area contributed by atoms with Crippen molar-refractivity contribution in [3.8, 4) is 0 Å². The molecule has 0 spiro atoms. The maximum absolute atomic E-state index is 11.4. The molecule has 0 radical (unpaired) electrons. The van der Waals surface area contributed by atoms with Gasteiger partial charge in [0.15, 0.2) is 0 Å². The molecule has 0 aromatic carbocycles. The predicted molar refractivity (Wildman–Crippen MR) is 62.0 cm³/mol. The van der Waals surface area contributed by atoms with Crippen molar-refractivity contribution >= 4 is 18.3 Å². The van der Waals surface area contributed by atoms with Crippen molar-refractivity contribution in [3.63, 3.8) is 0 Å². The van der Waals surface area contributed by atoms with Crippen LogP contribution in [0, 0.1) is 5.41 Å². The summed E-state index contributed by atoms with van der Waals surface area (Å²) in [4.78, 5) is 11.4. The third kappa shape index (κ3) is 2.83. The van der Waals surface area contributed by atoms with Gasteiger partial charge >= 0.3 is 0 Å². The van der Waals surface area contributed by atoms with Crippen LogP contribution in [0.1, 0.15) is 27.2 Å². The summed E-state index contributed by atoms with van der Waals surface area (Å²) >= 11 is 0. The number of carbonyl (C=O) groups is 1. The molecule has 0 aliphatic heterocycles. The van der Waals surface area contributed by atoms with Gasteiger partial charge in [-0.3, -0.25) is 4.79 Å². The van der Waals surface area contributed by atoms with Gasteiger partial charge in [-0.15, -0.1) is 12.4 Å². The smallest absolute Gasteiger partial charge is 0.236 e. The highest BCUT2D eigenvalue weighted by Crippen LogP contribution is 2.42. The molecule has 1 rings (SSSR count). The molecule has 0 aromatic heterocycles. The molecule has 1 saturated carbocycles. The number of methoxy groups -OCH3 is 1. The summed E-state index contributed by atoms with van der Waals surface area (Å²) in [5.74, 6) is -0.0855. The number of ether oxygens (including phenoxy) is 1. The average Bonchev–Trinajstić information content (AvgIpc) is 2.10. The van der Waals surface area contributed by atoms with Gasteiger partial charge in [-0.25, -0.2) is 0 Å². The second-order valence-electron chi connectivity index (χ2n) is 4.63. The molecule has 1 aliphatic carbocycles. The van der Waals surface area contributed by atoms with Gasteiger partial charge in [0.2, 0.25) is 5.91 Å². The summed E-state index contributed by atoms with van der Waals surface area (Å²) in [5, 5.41) is 2.93. The molecule has 0 saturated heterocycles. The highest BCUT2D eigenvalue weighted by Gasteiger charge is 2.49. The number of amides is 1. The zero-order valence-electron chi connectivity index (χ0n) is 9.74. The molecule has 0 aromatic rings. The molecule has 0 bridgehead atoms. The number of hydrogen-bond donors (Lipinski definition) is 2. The summed E-state index contributed by atoms with van der Waals surface area (Å²) in [6.07, 6.45) is 1.11. The first kappa shape index (κ1) is 14.7. The standard InChI is InChI=1S/C10H20N2O2.ClH/c1-6(11)9(13)12-7-5-8(14-4)10(7,2)3;/h6-8H,5,11H2,1-4H3,(H,12,13);1H/t6-,7?,8?;/m1./s1. The van der Waals surface area contributed by atoms with Crippen LogP contribution in [0.25, 0.3) is 0 Å². The van der Waals surface area contributed by atoms with Crippen molar-refractivity contribution in [1.29, 1.82) is 0 Å². The Morgan fingerprint density at radius 3 is 2.47 bits per heavy atom. The first-order chi connectivity index (χ1) is 6.39. The lowest BCUT2D eigenvalue weighted by Gasteiger charge is -2.51. The SMILES string of the molecule is COC1CC(NC(=O)[C@@H](C)N)C1(C)C.Cl. The van der Waals surface area contributed by atoms with Gasteiger partial charge in [0.25, 0.3) is 0 Å². The van der Waals surface area contributed by atoms with E-state index in [1.54, 1.807) is 14.0 Å². The summed E-state index contributed by atoms with van der Waals surface area (Å²) < 4.78 is 5.29. The van der Waals surface area contributed by atoms with Crippen molar-refractivity contribution in [1.82, 2.24) is 5.32 Å². The Bertz CT molecular complexity index is 231. The van der Waals surface area contributed by atoms with E-state index in [1.165, 1.54) is 0 Å². The van der Waals surface area contributed by atoms with Gasteiger partial charge in [-0.2, -0.15) is 0 Å². The van der Waals surface area contributed by atoms with Gasteiger partial charge in [0.1, 0.15) is 0 Å². The summed E-state index contributed by atoms with van der Waals surface area (Å²) in [5.41, 5.74) is 5.49. The minimum absolute atomic E-state index is 0. The molecular formula is C10H21ClN2O2. The van der Waals surface area contributed by atoms with Gasteiger partial charge in [-0.05, 0) is 13.3 Å². The second kappa shape index (κ2) is 5.14. The minimum atomic E-state index is -0.438. The van der Waals surface area contributed by atoms with Gasteiger partial charge in [0, 0.05) is 18.6 Å². The average molecular weight is 237 g/mol. The quantitative estimate of drug-likeness (QED) is 0.758. The van der Waals surface area contributed by atoms with Gasteiger partial charge in [-0.1, -0.05) is 13.8 Å². The third-order valence-electron chi connectivity index (χ3n) is 3.19. The first-order valence-electron chi connectivity index (χ1n) is 4.98. The van der Waals surface area contributed by atoms with E-state index < -0.39 is 6.04 Å². The number of halogens is 1. The van der Waals surface area contributed by atoms with Crippen LogP contribution in [0.2, 0.25) is 0 Å². The Hall–Kier alpha value is -0.320. The maximum atomic E-state index is 11.4. The largest absolute Gasteiger partial charge is 0.381 e. The molecule has 1 aliphatic rings. The van der Waals surface area contributed by atoms with E-state index in [1.807, 2.05) is 0 Å². The molecule has 0 heterocycles. The molecule has 1 amide bonds. The molecule has 3 N–H and O–H groups in total. The van der Waals surface area contributed by atoms with Crippen molar-refractivity contribution in [3.05, 3.63) is 0 Å². The Balaban J connectivity index is 0.00000196.